The summed E-state index contributed by atoms with van der Waals surface area (Å²) in [6.07, 6.45) is 1.41. The van der Waals surface area contributed by atoms with Crippen LogP contribution < -0.4 is 4.90 Å². The Morgan fingerprint density at radius 2 is 1.53 bits per heavy atom. The third kappa shape index (κ3) is 3.90. The van der Waals surface area contributed by atoms with E-state index in [1.54, 1.807) is 66.7 Å². The van der Waals surface area contributed by atoms with Crippen LogP contribution in [0.25, 0.3) is 0 Å². The van der Waals surface area contributed by atoms with Crippen LogP contribution in [-0.4, -0.2) is 21.5 Å². The van der Waals surface area contributed by atoms with Gasteiger partial charge in [0.15, 0.2) is 5.78 Å². The monoisotopic (exact) mass is 414 g/mol. The van der Waals surface area contributed by atoms with Crippen molar-refractivity contribution in [3.63, 3.8) is 0 Å². The molecule has 1 aliphatic heterocycles. The molecule has 4 rings (SSSR count). The lowest BCUT2D eigenvalue weighted by Gasteiger charge is -2.15. The Bertz CT molecular complexity index is 1150. The fourth-order valence-corrected chi connectivity index (χ4v) is 4.03. The summed E-state index contributed by atoms with van der Waals surface area (Å²) in [4.78, 5) is 27.4. The van der Waals surface area contributed by atoms with Crippen molar-refractivity contribution in [2.75, 3.05) is 4.90 Å². The zero-order valence-corrected chi connectivity index (χ0v) is 17.0. The molecule has 0 atom stereocenters. The van der Waals surface area contributed by atoms with Crippen LogP contribution in [0, 0.1) is 12.1 Å². The first-order valence-corrected chi connectivity index (χ1v) is 10.2. The molecule has 6 heteroatoms. The highest BCUT2D eigenvalue weighted by Crippen LogP contribution is 2.36. The van der Waals surface area contributed by atoms with Crippen LogP contribution >= 0.6 is 11.8 Å². The molecule has 1 aliphatic rings. The average molecular weight is 414 g/mol. The minimum Gasteiger partial charge on any atom is -0.617 e. The standard InChI is InChI=1S/C24H18N2O3S/c1-17-12-14-18(15-13-17)21(27)16-22-25(19-8-4-2-5-9-19)23(28)24(30-22)26(29)20-10-6-3-7-11-20/h2-16H,1H3/b22-16-,26-24+. The molecular weight excluding hydrogens is 396 g/mol. The van der Waals surface area contributed by atoms with Crippen LogP contribution in [0.5, 0.6) is 0 Å². The van der Waals surface area contributed by atoms with Crippen molar-refractivity contribution >= 4 is 39.9 Å². The molecule has 1 saturated heterocycles. The van der Waals surface area contributed by atoms with Gasteiger partial charge in [-0.15, -0.1) is 0 Å². The fraction of sp³-hybridized carbons (Fsp3) is 0.0417. The molecule has 0 aliphatic carbocycles. The number of thioether (sulfide) groups is 1. The van der Waals surface area contributed by atoms with Crippen LogP contribution in [0.3, 0.4) is 0 Å². The van der Waals surface area contributed by atoms with Crippen LogP contribution in [0.4, 0.5) is 11.4 Å². The van der Waals surface area contributed by atoms with Crippen molar-refractivity contribution in [2.24, 2.45) is 0 Å². The number of carbonyl (C=O) groups excluding carboxylic acids is 2. The van der Waals surface area contributed by atoms with Gasteiger partial charge >= 0.3 is 11.0 Å². The van der Waals surface area contributed by atoms with E-state index >= 15 is 0 Å². The topological polar surface area (TPSA) is 63.5 Å². The van der Waals surface area contributed by atoms with E-state index < -0.39 is 5.91 Å². The predicted molar refractivity (Wildman–Crippen MR) is 120 cm³/mol. The molecule has 0 radical (unpaired) electrons. The smallest absolute Gasteiger partial charge is 0.337 e. The van der Waals surface area contributed by atoms with Gasteiger partial charge in [-0.05, 0) is 19.1 Å². The second-order valence-electron chi connectivity index (χ2n) is 6.73. The number of aryl methyl sites for hydroxylation is 1. The van der Waals surface area contributed by atoms with Crippen LogP contribution in [0.1, 0.15) is 15.9 Å². The van der Waals surface area contributed by atoms with E-state index in [0.29, 0.717) is 26.7 Å². The molecule has 3 aromatic rings. The van der Waals surface area contributed by atoms with Gasteiger partial charge in [0.25, 0.3) is 0 Å². The predicted octanol–water partition coefficient (Wildman–Crippen LogP) is 5.04. The summed E-state index contributed by atoms with van der Waals surface area (Å²) in [5.41, 5.74) is 2.52. The summed E-state index contributed by atoms with van der Waals surface area (Å²) in [6.45, 7) is 1.95. The summed E-state index contributed by atoms with van der Waals surface area (Å²) in [6, 6.07) is 24.7. The van der Waals surface area contributed by atoms with Gasteiger partial charge in [-0.25, -0.2) is 0 Å². The number of allylic oxidation sites excluding steroid dienone is 1. The second-order valence-corrected chi connectivity index (χ2v) is 7.74. The van der Waals surface area contributed by atoms with Gasteiger partial charge in [0.1, 0.15) is 0 Å². The maximum Gasteiger partial charge on any atom is 0.337 e. The average Bonchev–Trinajstić information content (AvgIpc) is 3.10. The maximum atomic E-state index is 13.2. The number of hydrogen-bond donors (Lipinski definition) is 0. The first-order chi connectivity index (χ1) is 14.5. The Kier molecular flexibility index (Phi) is 5.50. The minimum absolute atomic E-state index is 0.00647. The van der Waals surface area contributed by atoms with E-state index in [1.165, 1.54) is 11.0 Å². The molecule has 1 amide bonds. The van der Waals surface area contributed by atoms with Gasteiger partial charge in [0, 0.05) is 35.5 Å². The van der Waals surface area contributed by atoms with Gasteiger partial charge in [0.05, 0.1) is 10.7 Å². The number of benzene rings is 3. The fourth-order valence-electron chi connectivity index (χ4n) is 3.02. The molecule has 0 spiro atoms. The summed E-state index contributed by atoms with van der Waals surface area (Å²) in [5, 5.41) is 13.3. The Morgan fingerprint density at radius 3 is 2.17 bits per heavy atom. The molecule has 3 aromatic carbocycles. The van der Waals surface area contributed by atoms with Gasteiger partial charge in [-0.1, -0.05) is 66.2 Å². The lowest BCUT2D eigenvalue weighted by Crippen LogP contribution is -2.29. The number of rotatable bonds is 4. The van der Waals surface area contributed by atoms with Crippen molar-refractivity contribution in [3.05, 3.63) is 112 Å². The van der Waals surface area contributed by atoms with Crippen LogP contribution in [0.15, 0.2) is 96.0 Å². The summed E-state index contributed by atoms with van der Waals surface area (Å²) >= 11 is 0.998. The molecule has 5 nitrogen and oxygen atoms in total. The molecule has 1 heterocycles. The SMILES string of the molecule is Cc1ccc(C(=O)/C=C2\S/C(=[N+](/[O-])c3ccccc3)C(=O)N2c2ccccc2)cc1. The summed E-state index contributed by atoms with van der Waals surface area (Å²) in [5.74, 6) is -0.697. The molecule has 0 saturated carbocycles. The number of anilines is 1. The lowest BCUT2D eigenvalue weighted by molar-refractivity contribution is -0.356. The number of carbonyl (C=O) groups is 2. The first-order valence-electron chi connectivity index (χ1n) is 9.34. The van der Waals surface area contributed by atoms with Crippen molar-refractivity contribution in [2.45, 2.75) is 6.92 Å². The number of nitrogens with zero attached hydrogens (tertiary/aromatic N) is 2. The molecule has 148 valence electrons. The first kappa shape index (κ1) is 19.7. The third-order valence-corrected chi connectivity index (χ3v) is 5.63. The number of hydrogen-bond acceptors (Lipinski definition) is 4. The molecule has 0 aromatic heterocycles. The molecule has 0 N–H and O–H groups in total. The van der Waals surface area contributed by atoms with Gasteiger partial charge in [0.2, 0.25) is 5.69 Å². The Morgan fingerprint density at radius 1 is 0.933 bits per heavy atom. The Labute approximate surface area is 178 Å². The van der Waals surface area contributed by atoms with Gasteiger partial charge in [-0.3, -0.25) is 14.5 Å². The van der Waals surface area contributed by atoms with E-state index in [0.717, 1.165) is 17.3 Å². The van der Waals surface area contributed by atoms with Crippen molar-refractivity contribution in [1.82, 2.24) is 0 Å². The van der Waals surface area contributed by atoms with E-state index in [4.69, 9.17) is 0 Å². The van der Waals surface area contributed by atoms with Crippen molar-refractivity contribution in [1.29, 1.82) is 0 Å². The van der Waals surface area contributed by atoms with Crippen LogP contribution in [-0.2, 0) is 4.79 Å². The largest absolute Gasteiger partial charge is 0.617 e. The molecule has 30 heavy (non-hydrogen) atoms. The summed E-state index contributed by atoms with van der Waals surface area (Å²) < 4.78 is 0.611. The lowest BCUT2D eigenvalue weighted by atomic mass is 10.1. The van der Waals surface area contributed by atoms with E-state index in [9.17, 15) is 14.8 Å². The van der Waals surface area contributed by atoms with E-state index in [1.807, 2.05) is 25.1 Å². The van der Waals surface area contributed by atoms with Gasteiger partial charge in [-0.2, -0.15) is 4.74 Å². The Balaban J connectivity index is 1.78. The zero-order valence-electron chi connectivity index (χ0n) is 16.2. The minimum atomic E-state index is -0.465. The summed E-state index contributed by atoms with van der Waals surface area (Å²) in [7, 11) is 0. The Hall–Kier alpha value is -3.64. The highest BCUT2D eigenvalue weighted by Gasteiger charge is 2.41. The van der Waals surface area contributed by atoms with Gasteiger partial charge < -0.3 is 5.21 Å². The second kappa shape index (κ2) is 8.39. The highest BCUT2D eigenvalue weighted by molar-refractivity contribution is 8.19. The number of para-hydroxylation sites is 2. The van der Waals surface area contributed by atoms with Crippen molar-refractivity contribution in [3.8, 4) is 0 Å². The van der Waals surface area contributed by atoms with E-state index in [2.05, 4.69) is 0 Å². The van der Waals surface area contributed by atoms with E-state index in [-0.39, 0.29) is 10.8 Å². The highest BCUT2D eigenvalue weighted by atomic mass is 32.2. The quantitative estimate of drug-likeness (QED) is 0.197. The van der Waals surface area contributed by atoms with Crippen molar-refractivity contribution < 1.29 is 14.3 Å². The molecule has 1 fully saturated rings. The number of amides is 1. The maximum absolute atomic E-state index is 13.2. The molecular formula is C24H18N2O3S. The number of ketones is 1. The third-order valence-electron chi connectivity index (χ3n) is 4.59. The molecule has 0 bridgehead atoms. The van der Waals surface area contributed by atoms with Crippen LogP contribution in [0.2, 0.25) is 0 Å². The zero-order chi connectivity index (χ0) is 21.1. The normalized spacial score (nSPS) is 16.8. The molecule has 0 unspecified atom stereocenters.